The maximum atomic E-state index is 5.09. The Morgan fingerprint density at radius 2 is 2.07 bits per heavy atom. The summed E-state index contributed by atoms with van der Waals surface area (Å²) < 4.78 is 0. The highest BCUT2D eigenvalue weighted by Crippen LogP contribution is 2.33. The van der Waals surface area contributed by atoms with Crippen LogP contribution in [0, 0.1) is 0 Å². The molecule has 2 atom stereocenters. The number of piperazine rings is 1. The summed E-state index contributed by atoms with van der Waals surface area (Å²) in [5.41, 5.74) is 2.71. The molecule has 0 N–H and O–H groups in total. The van der Waals surface area contributed by atoms with Gasteiger partial charge >= 0.3 is 0 Å². The molecule has 4 heterocycles. The van der Waals surface area contributed by atoms with Crippen LogP contribution in [0.1, 0.15) is 37.1 Å². The highest BCUT2D eigenvalue weighted by molar-refractivity contribution is 5.96. The molecule has 0 radical (unpaired) electrons. The van der Waals surface area contributed by atoms with Crippen molar-refractivity contribution in [2.24, 2.45) is 4.99 Å². The maximum absolute atomic E-state index is 5.09. The molecule has 2 unspecified atom stereocenters. The number of allylic oxidation sites excluding steroid dienone is 2. The molecule has 30 heavy (non-hydrogen) atoms. The van der Waals surface area contributed by atoms with Crippen molar-refractivity contribution >= 4 is 5.84 Å². The van der Waals surface area contributed by atoms with Crippen molar-refractivity contribution < 1.29 is 0 Å². The number of hydrogen-bond acceptors (Lipinski definition) is 6. The van der Waals surface area contributed by atoms with Gasteiger partial charge in [-0.3, -0.25) is 14.9 Å². The fourth-order valence-electron chi connectivity index (χ4n) is 5.40. The molecule has 1 aromatic rings. The first-order valence-electron chi connectivity index (χ1n) is 11.6. The Bertz CT molecular complexity index is 851. The van der Waals surface area contributed by atoms with E-state index in [1.165, 1.54) is 29.9 Å². The molecule has 0 spiro atoms. The molecule has 4 aliphatic rings. The highest BCUT2D eigenvalue weighted by Gasteiger charge is 2.33. The van der Waals surface area contributed by atoms with Gasteiger partial charge in [-0.05, 0) is 56.6 Å². The number of nitrogens with zero attached hydrogens (tertiary/aromatic N) is 6. The van der Waals surface area contributed by atoms with Gasteiger partial charge in [-0.2, -0.15) is 0 Å². The average Bonchev–Trinajstić information content (AvgIpc) is 3.21. The predicted molar refractivity (Wildman–Crippen MR) is 121 cm³/mol. The van der Waals surface area contributed by atoms with E-state index in [0.717, 1.165) is 58.1 Å². The number of likely N-dealkylation sites (N-methyl/N-ethyl adjacent to an activating group) is 2. The predicted octanol–water partition coefficient (Wildman–Crippen LogP) is 2.52. The fourth-order valence-corrected chi connectivity index (χ4v) is 5.40. The Kier molecular flexibility index (Phi) is 5.61. The summed E-state index contributed by atoms with van der Waals surface area (Å²) in [5.74, 6) is 2.47. The summed E-state index contributed by atoms with van der Waals surface area (Å²) >= 11 is 0. The van der Waals surface area contributed by atoms with Crippen LogP contribution in [0.15, 0.2) is 47.4 Å². The van der Waals surface area contributed by atoms with Gasteiger partial charge in [0.25, 0.3) is 0 Å². The first-order chi connectivity index (χ1) is 14.7. The number of aromatic nitrogens is 1. The molecule has 0 amide bonds. The van der Waals surface area contributed by atoms with E-state index >= 15 is 0 Å². The second-order valence-electron chi connectivity index (χ2n) is 8.95. The molecule has 6 nitrogen and oxygen atoms in total. The third-order valence-corrected chi connectivity index (χ3v) is 7.09. The van der Waals surface area contributed by atoms with Crippen LogP contribution >= 0.6 is 0 Å². The first kappa shape index (κ1) is 19.8. The van der Waals surface area contributed by atoms with E-state index in [0.29, 0.717) is 12.1 Å². The fraction of sp³-hybridized carbons (Fsp3) is 0.583. The Balaban J connectivity index is 1.24. The quantitative estimate of drug-likeness (QED) is 0.751. The molecule has 1 fully saturated rings. The van der Waals surface area contributed by atoms with Crippen LogP contribution in [0.5, 0.6) is 0 Å². The van der Waals surface area contributed by atoms with Gasteiger partial charge in [0, 0.05) is 45.5 Å². The molecule has 1 saturated heterocycles. The Morgan fingerprint density at radius 3 is 2.90 bits per heavy atom. The minimum Gasteiger partial charge on any atom is -0.355 e. The van der Waals surface area contributed by atoms with Crippen LogP contribution < -0.4 is 0 Å². The minimum atomic E-state index is 0.308. The minimum absolute atomic E-state index is 0.308. The molecule has 1 aromatic heterocycles. The van der Waals surface area contributed by atoms with Crippen molar-refractivity contribution in [3.05, 3.63) is 53.6 Å². The second-order valence-corrected chi connectivity index (χ2v) is 8.95. The number of aliphatic imine (C=N–C) groups is 1. The van der Waals surface area contributed by atoms with Crippen LogP contribution in [0.3, 0.4) is 0 Å². The number of aryl methyl sites for hydroxylation is 1. The van der Waals surface area contributed by atoms with E-state index in [1.54, 1.807) is 0 Å². The second kappa shape index (κ2) is 8.52. The lowest BCUT2D eigenvalue weighted by Gasteiger charge is -2.40. The summed E-state index contributed by atoms with van der Waals surface area (Å²) in [6, 6.07) is 5.05. The molecule has 6 heteroatoms. The summed E-state index contributed by atoms with van der Waals surface area (Å²) in [6.45, 7) is 9.87. The van der Waals surface area contributed by atoms with Crippen molar-refractivity contribution in [2.75, 3.05) is 52.9 Å². The number of fused-ring (bicyclic) bond motifs is 2. The molecule has 0 bridgehead atoms. The number of pyridine rings is 1. The SMILES string of the molecule is CCN1CCN(C2=CC=CC3=NC(CN(C)C4CCCc5cccnc54)CN23)CC1. The van der Waals surface area contributed by atoms with Crippen molar-refractivity contribution in [3.63, 3.8) is 0 Å². The topological polar surface area (TPSA) is 38.2 Å². The standard InChI is InChI=1S/C24H34N6/c1-3-28-13-15-29(16-14-28)23-11-5-10-22-26-20(18-30(22)23)17-27(2)21-9-4-7-19-8-6-12-25-24(19)21/h5-6,8,10-12,20-21H,3-4,7,9,13-18H2,1-2H3. The maximum Gasteiger partial charge on any atom is 0.129 e. The van der Waals surface area contributed by atoms with Crippen molar-refractivity contribution in [2.45, 2.75) is 38.3 Å². The smallest absolute Gasteiger partial charge is 0.129 e. The van der Waals surface area contributed by atoms with Crippen LogP contribution in [-0.4, -0.2) is 89.3 Å². The summed E-state index contributed by atoms with van der Waals surface area (Å²) in [7, 11) is 2.25. The van der Waals surface area contributed by atoms with Crippen LogP contribution in [0.25, 0.3) is 0 Å². The zero-order chi connectivity index (χ0) is 20.5. The Morgan fingerprint density at radius 1 is 1.20 bits per heavy atom. The van der Waals surface area contributed by atoms with Crippen molar-refractivity contribution in [1.29, 1.82) is 0 Å². The van der Waals surface area contributed by atoms with E-state index in [2.05, 4.69) is 63.9 Å². The lowest BCUT2D eigenvalue weighted by atomic mass is 9.91. The van der Waals surface area contributed by atoms with Gasteiger partial charge in [0.2, 0.25) is 0 Å². The number of rotatable bonds is 5. The van der Waals surface area contributed by atoms with Gasteiger partial charge in [-0.1, -0.05) is 19.1 Å². The zero-order valence-electron chi connectivity index (χ0n) is 18.4. The van der Waals surface area contributed by atoms with Gasteiger partial charge in [0.05, 0.1) is 17.8 Å². The molecule has 0 saturated carbocycles. The third kappa shape index (κ3) is 3.79. The third-order valence-electron chi connectivity index (χ3n) is 7.09. The largest absolute Gasteiger partial charge is 0.355 e. The van der Waals surface area contributed by atoms with Gasteiger partial charge in [-0.25, -0.2) is 0 Å². The van der Waals surface area contributed by atoms with E-state index in [4.69, 9.17) is 9.98 Å². The van der Waals surface area contributed by atoms with E-state index in [-0.39, 0.29) is 0 Å². The van der Waals surface area contributed by atoms with Crippen LogP contribution in [-0.2, 0) is 6.42 Å². The number of amidine groups is 1. The normalized spacial score (nSPS) is 26.5. The molecular formula is C24H34N6. The highest BCUT2D eigenvalue weighted by atomic mass is 15.4. The first-order valence-corrected chi connectivity index (χ1v) is 11.6. The van der Waals surface area contributed by atoms with E-state index in [9.17, 15) is 0 Å². The van der Waals surface area contributed by atoms with Gasteiger partial charge in [0.15, 0.2) is 0 Å². The monoisotopic (exact) mass is 406 g/mol. The Labute approximate surface area is 180 Å². The molecule has 1 aliphatic carbocycles. The lowest BCUT2D eigenvalue weighted by Crippen LogP contribution is -2.49. The van der Waals surface area contributed by atoms with E-state index in [1.807, 2.05) is 6.20 Å². The molecule has 0 aromatic carbocycles. The van der Waals surface area contributed by atoms with Gasteiger partial charge in [0.1, 0.15) is 11.7 Å². The average molecular weight is 407 g/mol. The van der Waals surface area contributed by atoms with Gasteiger partial charge < -0.3 is 14.7 Å². The van der Waals surface area contributed by atoms with Crippen LogP contribution in [0.4, 0.5) is 0 Å². The van der Waals surface area contributed by atoms with Crippen molar-refractivity contribution in [3.8, 4) is 0 Å². The molecule has 5 rings (SSSR count). The molecular weight excluding hydrogens is 372 g/mol. The zero-order valence-corrected chi connectivity index (χ0v) is 18.4. The van der Waals surface area contributed by atoms with Gasteiger partial charge in [-0.15, -0.1) is 0 Å². The summed E-state index contributed by atoms with van der Waals surface area (Å²) in [6.07, 6.45) is 12.2. The summed E-state index contributed by atoms with van der Waals surface area (Å²) in [5, 5.41) is 0. The molecule has 160 valence electrons. The Hall–Kier alpha value is -2.18. The van der Waals surface area contributed by atoms with E-state index < -0.39 is 0 Å². The number of hydrogen-bond donors (Lipinski definition) is 0. The summed E-state index contributed by atoms with van der Waals surface area (Å²) in [4.78, 5) is 19.8. The molecule has 3 aliphatic heterocycles. The lowest BCUT2D eigenvalue weighted by molar-refractivity contribution is 0.141. The van der Waals surface area contributed by atoms with Crippen molar-refractivity contribution in [1.82, 2.24) is 24.6 Å². The van der Waals surface area contributed by atoms with Crippen LogP contribution in [0.2, 0.25) is 0 Å².